The van der Waals surface area contributed by atoms with E-state index >= 15 is 0 Å². The van der Waals surface area contributed by atoms with Gasteiger partial charge in [0.2, 0.25) is 0 Å². The van der Waals surface area contributed by atoms with Crippen LogP contribution in [0.3, 0.4) is 0 Å². The van der Waals surface area contributed by atoms with Gasteiger partial charge in [0.1, 0.15) is 5.82 Å². The third kappa shape index (κ3) is 2.20. The van der Waals surface area contributed by atoms with Gasteiger partial charge in [0, 0.05) is 24.5 Å². The molecular formula is C14H19N5. The van der Waals surface area contributed by atoms with E-state index in [4.69, 9.17) is 10.7 Å². The van der Waals surface area contributed by atoms with Crippen LogP contribution in [0.4, 0.5) is 5.82 Å². The van der Waals surface area contributed by atoms with Gasteiger partial charge in [-0.3, -0.25) is 4.68 Å². The van der Waals surface area contributed by atoms with Crippen molar-refractivity contribution in [3.8, 4) is 11.4 Å². The van der Waals surface area contributed by atoms with Gasteiger partial charge in [-0.25, -0.2) is 9.97 Å². The lowest BCUT2D eigenvalue weighted by molar-refractivity contribution is 0.709. The average molecular weight is 257 g/mol. The van der Waals surface area contributed by atoms with Crippen LogP contribution >= 0.6 is 0 Å². The molecule has 5 nitrogen and oxygen atoms in total. The Balaban J connectivity index is 2.11. The van der Waals surface area contributed by atoms with Gasteiger partial charge in [-0.05, 0) is 32.6 Å². The van der Waals surface area contributed by atoms with Gasteiger partial charge in [-0.15, -0.1) is 0 Å². The highest BCUT2D eigenvalue weighted by molar-refractivity contribution is 5.60. The molecule has 100 valence electrons. The molecule has 0 atom stereocenters. The van der Waals surface area contributed by atoms with Gasteiger partial charge >= 0.3 is 0 Å². The van der Waals surface area contributed by atoms with E-state index in [0.717, 1.165) is 35.4 Å². The lowest BCUT2D eigenvalue weighted by Gasteiger charge is -2.09. The second-order valence-electron chi connectivity index (χ2n) is 5.22. The highest BCUT2D eigenvalue weighted by atomic mass is 15.3. The van der Waals surface area contributed by atoms with Crippen molar-refractivity contribution >= 4 is 5.82 Å². The van der Waals surface area contributed by atoms with Crippen LogP contribution in [0.2, 0.25) is 0 Å². The number of rotatable bonds is 1. The van der Waals surface area contributed by atoms with Crippen molar-refractivity contribution in [2.75, 3.05) is 5.73 Å². The number of nitrogens with zero attached hydrogens (tertiary/aromatic N) is 4. The zero-order valence-electron chi connectivity index (χ0n) is 11.5. The summed E-state index contributed by atoms with van der Waals surface area (Å²) in [7, 11) is 1.91. The minimum absolute atomic E-state index is 0.644. The van der Waals surface area contributed by atoms with Gasteiger partial charge in [-0.2, -0.15) is 5.10 Å². The Hall–Kier alpha value is -1.91. The van der Waals surface area contributed by atoms with Crippen LogP contribution in [0.1, 0.15) is 36.2 Å². The van der Waals surface area contributed by atoms with Crippen LogP contribution in [0.5, 0.6) is 0 Å². The summed E-state index contributed by atoms with van der Waals surface area (Å²) >= 11 is 0. The highest BCUT2D eigenvalue weighted by Gasteiger charge is 2.17. The quantitative estimate of drug-likeness (QED) is 0.794. The van der Waals surface area contributed by atoms with E-state index in [1.54, 1.807) is 4.68 Å². The molecule has 0 aliphatic heterocycles. The molecule has 1 aliphatic carbocycles. The standard InChI is InChI=1S/C14H19N5/c1-9-11(8-19(2)18-9)14-16-12-7-5-3-4-6-10(12)13(15)17-14/h8H,3-7H2,1-2H3,(H2,15,16,17). The average Bonchev–Trinajstić information content (AvgIpc) is 2.59. The molecule has 0 fully saturated rings. The molecule has 0 unspecified atom stereocenters. The molecule has 0 amide bonds. The maximum atomic E-state index is 6.13. The number of fused-ring (bicyclic) bond motifs is 1. The summed E-state index contributed by atoms with van der Waals surface area (Å²) in [6, 6.07) is 0. The molecule has 0 radical (unpaired) electrons. The van der Waals surface area contributed by atoms with Crippen LogP contribution in [-0.2, 0) is 19.9 Å². The van der Waals surface area contributed by atoms with Gasteiger partial charge in [-0.1, -0.05) is 6.42 Å². The first kappa shape index (κ1) is 12.1. The van der Waals surface area contributed by atoms with Crippen molar-refractivity contribution in [2.45, 2.75) is 39.0 Å². The van der Waals surface area contributed by atoms with E-state index in [0.29, 0.717) is 11.6 Å². The molecule has 2 heterocycles. The highest BCUT2D eigenvalue weighted by Crippen LogP contribution is 2.27. The van der Waals surface area contributed by atoms with Gasteiger partial charge in [0.15, 0.2) is 5.82 Å². The molecule has 0 spiro atoms. The second-order valence-corrected chi connectivity index (χ2v) is 5.22. The number of hydrogen-bond acceptors (Lipinski definition) is 4. The first-order valence-electron chi connectivity index (χ1n) is 6.81. The lowest BCUT2D eigenvalue weighted by Crippen LogP contribution is -2.06. The predicted molar refractivity (Wildman–Crippen MR) is 74.6 cm³/mol. The van der Waals surface area contributed by atoms with E-state index in [1.165, 1.54) is 19.3 Å². The van der Waals surface area contributed by atoms with Crippen LogP contribution in [0.25, 0.3) is 11.4 Å². The molecule has 0 saturated heterocycles. The zero-order chi connectivity index (χ0) is 13.4. The minimum Gasteiger partial charge on any atom is -0.383 e. The summed E-state index contributed by atoms with van der Waals surface area (Å²) in [6.07, 6.45) is 7.59. The number of anilines is 1. The maximum Gasteiger partial charge on any atom is 0.165 e. The fraction of sp³-hybridized carbons (Fsp3) is 0.500. The number of hydrogen-bond donors (Lipinski definition) is 1. The monoisotopic (exact) mass is 257 g/mol. The SMILES string of the molecule is Cc1nn(C)cc1-c1nc(N)c2c(n1)CCCCC2. The maximum absolute atomic E-state index is 6.13. The molecule has 1 aliphatic rings. The number of nitrogen functional groups attached to an aromatic ring is 1. The first-order valence-corrected chi connectivity index (χ1v) is 6.81. The molecule has 2 aromatic heterocycles. The molecule has 2 aromatic rings. The molecule has 19 heavy (non-hydrogen) atoms. The van der Waals surface area contributed by atoms with Crippen molar-refractivity contribution in [1.29, 1.82) is 0 Å². The molecule has 0 saturated carbocycles. The summed E-state index contributed by atoms with van der Waals surface area (Å²) < 4.78 is 1.79. The van der Waals surface area contributed by atoms with Crippen molar-refractivity contribution < 1.29 is 0 Å². The third-order valence-corrected chi connectivity index (χ3v) is 3.72. The van der Waals surface area contributed by atoms with E-state index < -0.39 is 0 Å². The number of aryl methyl sites for hydroxylation is 3. The Morgan fingerprint density at radius 2 is 1.95 bits per heavy atom. The minimum atomic E-state index is 0.644. The Morgan fingerprint density at radius 3 is 2.68 bits per heavy atom. The summed E-state index contributed by atoms with van der Waals surface area (Å²) in [6.45, 7) is 1.97. The van der Waals surface area contributed by atoms with Crippen LogP contribution in [0.15, 0.2) is 6.20 Å². The first-order chi connectivity index (χ1) is 9.15. The van der Waals surface area contributed by atoms with Crippen molar-refractivity contribution in [3.05, 3.63) is 23.1 Å². The Bertz CT molecular complexity index is 615. The largest absolute Gasteiger partial charge is 0.383 e. The van der Waals surface area contributed by atoms with Gasteiger partial charge in [0.05, 0.1) is 11.3 Å². The predicted octanol–water partition coefficient (Wildman–Crippen LogP) is 2.04. The molecule has 0 aromatic carbocycles. The summed E-state index contributed by atoms with van der Waals surface area (Å²) in [5, 5.41) is 4.34. The topological polar surface area (TPSA) is 69.6 Å². The second kappa shape index (κ2) is 4.64. The Kier molecular flexibility index (Phi) is 2.97. The molecule has 0 bridgehead atoms. The van der Waals surface area contributed by atoms with Crippen molar-refractivity contribution in [2.24, 2.45) is 7.05 Å². The smallest absolute Gasteiger partial charge is 0.165 e. The third-order valence-electron chi connectivity index (χ3n) is 3.72. The Morgan fingerprint density at radius 1 is 1.16 bits per heavy atom. The summed E-state index contributed by atoms with van der Waals surface area (Å²) in [4.78, 5) is 9.22. The normalized spacial score (nSPS) is 15.1. The van der Waals surface area contributed by atoms with Crippen molar-refractivity contribution in [3.63, 3.8) is 0 Å². The lowest BCUT2D eigenvalue weighted by atomic mass is 10.1. The van der Waals surface area contributed by atoms with E-state index in [9.17, 15) is 0 Å². The van der Waals surface area contributed by atoms with Crippen LogP contribution in [-0.4, -0.2) is 19.7 Å². The molecule has 2 N–H and O–H groups in total. The molecule has 5 heteroatoms. The number of nitrogens with two attached hydrogens (primary N) is 1. The summed E-state index contributed by atoms with van der Waals surface area (Å²) in [5.74, 6) is 1.36. The molecular weight excluding hydrogens is 238 g/mol. The van der Waals surface area contributed by atoms with E-state index in [-0.39, 0.29) is 0 Å². The number of aromatic nitrogens is 4. The van der Waals surface area contributed by atoms with E-state index in [1.807, 2.05) is 20.2 Å². The molecule has 3 rings (SSSR count). The van der Waals surface area contributed by atoms with Gasteiger partial charge < -0.3 is 5.73 Å². The Labute approximate surface area is 112 Å². The fourth-order valence-electron chi connectivity index (χ4n) is 2.74. The van der Waals surface area contributed by atoms with Gasteiger partial charge in [0.25, 0.3) is 0 Å². The fourth-order valence-corrected chi connectivity index (χ4v) is 2.74. The zero-order valence-corrected chi connectivity index (χ0v) is 11.5. The summed E-state index contributed by atoms with van der Waals surface area (Å²) in [5.41, 5.74) is 10.3. The van der Waals surface area contributed by atoms with Crippen LogP contribution in [0, 0.1) is 6.92 Å². The van der Waals surface area contributed by atoms with E-state index in [2.05, 4.69) is 10.1 Å². The van der Waals surface area contributed by atoms with Crippen molar-refractivity contribution in [1.82, 2.24) is 19.7 Å². The van der Waals surface area contributed by atoms with Crippen LogP contribution < -0.4 is 5.73 Å².